The van der Waals surface area contributed by atoms with Gasteiger partial charge in [-0.05, 0) is 25.7 Å². The minimum absolute atomic E-state index is 0.240. The summed E-state index contributed by atoms with van der Waals surface area (Å²) < 4.78 is 5.15. The summed E-state index contributed by atoms with van der Waals surface area (Å²) in [6.07, 6.45) is 2.48. The Morgan fingerprint density at radius 2 is 2.18 bits per heavy atom. The average Bonchev–Trinajstić information content (AvgIpc) is 2.68. The van der Waals surface area contributed by atoms with E-state index >= 15 is 0 Å². The molecule has 0 saturated heterocycles. The lowest BCUT2D eigenvalue weighted by Gasteiger charge is -1.95. The van der Waals surface area contributed by atoms with E-state index in [0.29, 0.717) is 5.92 Å². The van der Waals surface area contributed by atoms with Crippen LogP contribution < -0.4 is 0 Å². The van der Waals surface area contributed by atoms with Crippen molar-refractivity contribution in [1.29, 1.82) is 5.41 Å². The maximum atomic E-state index is 7.37. The molecule has 0 aromatic heterocycles. The van der Waals surface area contributed by atoms with Crippen molar-refractivity contribution in [3.8, 4) is 0 Å². The highest BCUT2D eigenvalue weighted by Gasteiger charge is 2.35. The van der Waals surface area contributed by atoms with E-state index in [-0.39, 0.29) is 5.90 Å². The Bertz CT molecular complexity index is 271. The zero-order valence-electron chi connectivity index (χ0n) is 6.61. The molecule has 2 aliphatic rings. The highest BCUT2D eigenvalue weighted by Crippen LogP contribution is 2.44. The largest absolute Gasteiger partial charge is 0.443 e. The Morgan fingerprint density at radius 1 is 1.55 bits per heavy atom. The fraction of sp³-hybridized carbons (Fsp3) is 0.444. The molecular weight excluding hydrogens is 138 g/mol. The number of hydrogen-bond donors (Lipinski definition) is 1. The van der Waals surface area contributed by atoms with E-state index in [4.69, 9.17) is 10.1 Å². The van der Waals surface area contributed by atoms with Gasteiger partial charge < -0.3 is 4.74 Å². The van der Waals surface area contributed by atoms with E-state index in [1.807, 2.05) is 6.92 Å². The second kappa shape index (κ2) is 1.97. The molecule has 1 aliphatic carbocycles. The van der Waals surface area contributed by atoms with Crippen molar-refractivity contribution in [1.82, 2.24) is 0 Å². The highest BCUT2D eigenvalue weighted by molar-refractivity contribution is 5.98. The lowest BCUT2D eigenvalue weighted by Crippen LogP contribution is -1.95. The quantitative estimate of drug-likeness (QED) is 0.609. The average molecular weight is 149 g/mol. The molecule has 0 aromatic rings. The normalized spacial score (nSPS) is 24.5. The molecule has 0 radical (unpaired) electrons. The molecule has 0 bridgehead atoms. The fourth-order valence-corrected chi connectivity index (χ4v) is 1.51. The summed E-state index contributed by atoms with van der Waals surface area (Å²) in [6, 6.07) is 0. The molecule has 2 nitrogen and oxygen atoms in total. The van der Waals surface area contributed by atoms with Gasteiger partial charge in [-0.15, -0.1) is 0 Å². The maximum absolute atomic E-state index is 7.37. The molecule has 0 atom stereocenters. The Kier molecular flexibility index (Phi) is 1.19. The Morgan fingerprint density at radius 3 is 2.55 bits per heavy atom. The van der Waals surface area contributed by atoms with E-state index in [1.54, 1.807) is 0 Å². The van der Waals surface area contributed by atoms with Crippen LogP contribution in [0.2, 0.25) is 0 Å². The maximum Gasteiger partial charge on any atom is 0.218 e. The zero-order valence-corrected chi connectivity index (χ0v) is 6.61. The summed E-state index contributed by atoms with van der Waals surface area (Å²) in [5, 5.41) is 7.37. The molecule has 1 fully saturated rings. The summed E-state index contributed by atoms with van der Waals surface area (Å²) in [7, 11) is 0. The van der Waals surface area contributed by atoms with Crippen molar-refractivity contribution in [2.45, 2.75) is 19.8 Å². The van der Waals surface area contributed by atoms with Crippen LogP contribution >= 0.6 is 0 Å². The second-order valence-corrected chi connectivity index (χ2v) is 3.15. The molecule has 1 heterocycles. The third-order valence-electron chi connectivity index (χ3n) is 2.22. The first-order valence-electron chi connectivity index (χ1n) is 3.87. The van der Waals surface area contributed by atoms with Gasteiger partial charge in [-0.2, -0.15) is 0 Å². The van der Waals surface area contributed by atoms with Crippen molar-refractivity contribution in [3.63, 3.8) is 0 Å². The first-order valence-corrected chi connectivity index (χ1v) is 3.87. The standard InChI is InChI=1S/C9H11NO/c1-5-8(7-3-4-7)6(2)11-9(5)10/h7,10H,1,3-4H2,2H3. The first-order chi connectivity index (χ1) is 5.20. The van der Waals surface area contributed by atoms with Crippen molar-refractivity contribution in [3.05, 3.63) is 23.5 Å². The van der Waals surface area contributed by atoms with E-state index < -0.39 is 0 Å². The molecule has 1 aliphatic heterocycles. The number of ether oxygens (including phenoxy) is 1. The van der Waals surface area contributed by atoms with E-state index in [0.717, 1.165) is 11.3 Å². The summed E-state index contributed by atoms with van der Waals surface area (Å²) in [4.78, 5) is 0. The van der Waals surface area contributed by atoms with Crippen molar-refractivity contribution in [2.75, 3.05) is 0 Å². The lowest BCUT2D eigenvalue weighted by molar-refractivity contribution is 0.425. The van der Waals surface area contributed by atoms with Crippen LogP contribution in [0.3, 0.4) is 0 Å². The van der Waals surface area contributed by atoms with Crippen molar-refractivity contribution < 1.29 is 4.74 Å². The molecule has 2 heteroatoms. The Labute approximate surface area is 66.1 Å². The number of nitrogens with one attached hydrogen (secondary N) is 1. The number of allylic oxidation sites excluding steroid dienone is 1. The van der Waals surface area contributed by atoms with E-state index in [9.17, 15) is 0 Å². The van der Waals surface area contributed by atoms with Crippen LogP contribution in [0.25, 0.3) is 0 Å². The topological polar surface area (TPSA) is 33.1 Å². The monoisotopic (exact) mass is 149 g/mol. The molecule has 58 valence electrons. The van der Waals surface area contributed by atoms with Crippen LogP contribution in [0.5, 0.6) is 0 Å². The molecule has 0 aromatic carbocycles. The smallest absolute Gasteiger partial charge is 0.218 e. The zero-order chi connectivity index (χ0) is 8.01. The first kappa shape index (κ1) is 6.65. The third kappa shape index (κ3) is 0.897. The van der Waals surface area contributed by atoms with Gasteiger partial charge in [0.05, 0.1) is 0 Å². The van der Waals surface area contributed by atoms with Crippen LogP contribution in [0.15, 0.2) is 23.5 Å². The predicted molar refractivity (Wildman–Crippen MR) is 43.4 cm³/mol. The number of rotatable bonds is 1. The van der Waals surface area contributed by atoms with Crippen LogP contribution in [-0.2, 0) is 4.74 Å². The summed E-state index contributed by atoms with van der Waals surface area (Å²) in [6.45, 7) is 5.74. The van der Waals surface area contributed by atoms with Gasteiger partial charge in [0.15, 0.2) is 0 Å². The lowest BCUT2D eigenvalue weighted by atomic mass is 10.0. The van der Waals surface area contributed by atoms with Gasteiger partial charge in [0.25, 0.3) is 0 Å². The summed E-state index contributed by atoms with van der Waals surface area (Å²) >= 11 is 0. The van der Waals surface area contributed by atoms with Gasteiger partial charge in [-0.1, -0.05) is 6.58 Å². The van der Waals surface area contributed by atoms with Gasteiger partial charge in [-0.25, -0.2) is 0 Å². The molecule has 11 heavy (non-hydrogen) atoms. The summed E-state index contributed by atoms with van der Waals surface area (Å²) in [5.41, 5.74) is 1.99. The van der Waals surface area contributed by atoms with Gasteiger partial charge >= 0.3 is 0 Å². The van der Waals surface area contributed by atoms with Gasteiger partial charge in [0, 0.05) is 11.1 Å². The second-order valence-electron chi connectivity index (χ2n) is 3.15. The minimum atomic E-state index is 0.240. The van der Waals surface area contributed by atoms with Gasteiger partial charge in [0.2, 0.25) is 5.90 Å². The van der Waals surface area contributed by atoms with Gasteiger partial charge in [-0.3, -0.25) is 5.41 Å². The molecular formula is C9H11NO. The van der Waals surface area contributed by atoms with Crippen LogP contribution in [0.4, 0.5) is 0 Å². The molecule has 1 saturated carbocycles. The van der Waals surface area contributed by atoms with Crippen molar-refractivity contribution in [2.24, 2.45) is 5.92 Å². The Hall–Kier alpha value is -1.05. The van der Waals surface area contributed by atoms with Gasteiger partial charge in [0.1, 0.15) is 5.76 Å². The van der Waals surface area contributed by atoms with E-state index in [1.165, 1.54) is 18.4 Å². The van der Waals surface area contributed by atoms with E-state index in [2.05, 4.69) is 6.58 Å². The number of hydrogen-bond acceptors (Lipinski definition) is 2. The molecule has 0 spiro atoms. The highest BCUT2D eigenvalue weighted by atomic mass is 16.5. The van der Waals surface area contributed by atoms with Crippen LogP contribution in [0.1, 0.15) is 19.8 Å². The third-order valence-corrected chi connectivity index (χ3v) is 2.22. The predicted octanol–water partition coefficient (Wildman–Crippen LogP) is 2.23. The minimum Gasteiger partial charge on any atom is -0.443 e. The van der Waals surface area contributed by atoms with Crippen LogP contribution in [-0.4, -0.2) is 5.90 Å². The fourth-order valence-electron chi connectivity index (χ4n) is 1.51. The molecule has 0 unspecified atom stereocenters. The van der Waals surface area contributed by atoms with Crippen molar-refractivity contribution >= 4 is 5.90 Å². The molecule has 0 amide bonds. The Balaban J connectivity index is 2.34. The van der Waals surface area contributed by atoms with Crippen LogP contribution in [0, 0.1) is 11.3 Å². The summed E-state index contributed by atoms with van der Waals surface area (Å²) in [5.74, 6) is 1.78. The molecule has 1 N–H and O–H groups in total. The molecule has 2 rings (SSSR count). The SMILES string of the molecule is C=C1C(=N)OC(C)=C1C1CC1.